The summed E-state index contributed by atoms with van der Waals surface area (Å²) in [4.78, 5) is 14.3. The summed E-state index contributed by atoms with van der Waals surface area (Å²) in [6, 6.07) is 14.4. The van der Waals surface area contributed by atoms with E-state index >= 15 is 0 Å². The van der Waals surface area contributed by atoms with Gasteiger partial charge in [0, 0.05) is 24.9 Å². The van der Waals surface area contributed by atoms with Crippen molar-refractivity contribution in [3.8, 4) is 11.5 Å². The van der Waals surface area contributed by atoms with E-state index in [1.54, 1.807) is 0 Å². The number of ketones is 1. The van der Waals surface area contributed by atoms with Gasteiger partial charge in [-0.15, -0.1) is 0 Å². The first-order valence-corrected chi connectivity index (χ1v) is 7.39. The summed E-state index contributed by atoms with van der Waals surface area (Å²) in [5.41, 5.74) is 3.33. The molecule has 2 aromatic carbocycles. The third kappa shape index (κ3) is 1.92. The van der Waals surface area contributed by atoms with Crippen LogP contribution in [0.15, 0.2) is 42.5 Å². The van der Waals surface area contributed by atoms with E-state index in [2.05, 4.69) is 30.0 Å². The number of ether oxygens (including phenoxy) is 1. The Morgan fingerprint density at radius 1 is 1.14 bits per heavy atom. The van der Waals surface area contributed by atoms with Gasteiger partial charge in [0.05, 0.1) is 11.7 Å². The quantitative estimate of drug-likeness (QED) is 0.729. The van der Waals surface area contributed by atoms with Gasteiger partial charge in [0.1, 0.15) is 11.5 Å². The van der Waals surface area contributed by atoms with E-state index in [-0.39, 0.29) is 6.04 Å². The van der Waals surface area contributed by atoms with Gasteiger partial charge in [0.25, 0.3) is 0 Å². The van der Waals surface area contributed by atoms with E-state index in [9.17, 15) is 4.79 Å². The van der Waals surface area contributed by atoms with Crippen molar-refractivity contribution in [2.24, 2.45) is 0 Å². The van der Waals surface area contributed by atoms with Crippen molar-refractivity contribution in [1.29, 1.82) is 0 Å². The number of piperidine rings is 1. The number of hydrogen-bond acceptors (Lipinski definition) is 3. The molecule has 0 spiro atoms. The Bertz CT molecular complexity index is 723. The van der Waals surface area contributed by atoms with Crippen LogP contribution in [0.1, 0.15) is 30.0 Å². The minimum absolute atomic E-state index is 0.0878. The normalized spacial score (nSPS) is 20.0. The third-order valence-corrected chi connectivity index (χ3v) is 4.42. The molecule has 0 aromatic heterocycles. The molecule has 3 nitrogen and oxygen atoms in total. The van der Waals surface area contributed by atoms with Crippen molar-refractivity contribution in [2.75, 3.05) is 11.4 Å². The Hall–Kier alpha value is -2.29. The van der Waals surface area contributed by atoms with Crippen LogP contribution < -0.4 is 9.64 Å². The zero-order chi connectivity index (χ0) is 14.4. The van der Waals surface area contributed by atoms with Crippen LogP contribution in [-0.2, 0) is 4.79 Å². The molecule has 0 amide bonds. The Balaban J connectivity index is 1.95. The molecule has 2 aliphatic heterocycles. The molecule has 21 heavy (non-hydrogen) atoms. The largest absolute Gasteiger partial charge is 0.455 e. The summed E-state index contributed by atoms with van der Waals surface area (Å²) < 4.78 is 6.21. The van der Waals surface area contributed by atoms with Gasteiger partial charge in [-0.3, -0.25) is 4.79 Å². The summed E-state index contributed by atoms with van der Waals surface area (Å²) >= 11 is 0. The molecule has 2 aliphatic rings. The Morgan fingerprint density at radius 2 is 2.00 bits per heavy atom. The number of para-hydroxylation sites is 3. The van der Waals surface area contributed by atoms with Crippen molar-refractivity contribution < 1.29 is 9.53 Å². The van der Waals surface area contributed by atoms with E-state index in [0.717, 1.165) is 34.9 Å². The lowest BCUT2D eigenvalue weighted by molar-refractivity contribution is -0.120. The lowest BCUT2D eigenvalue weighted by atomic mass is 9.92. The number of anilines is 1. The molecular weight excluding hydrogens is 262 g/mol. The summed E-state index contributed by atoms with van der Waals surface area (Å²) in [6.45, 7) is 2.82. The zero-order valence-electron chi connectivity index (χ0n) is 12.0. The molecule has 1 fully saturated rings. The molecule has 1 unspecified atom stereocenters. The van der Waals surface area contributed by atoms with Crippen molar-refractivity contribution in [1.82, 2.24) is 0 Å². The van der Waals surface area contributed by atoms with Crippen molar-refractivity contribution >= 4 is 11.5 Å². The molecule has 1 saturated heterocycles. The van der Waals surface area contributed by atoms with Gasteiger partial charge in [-0.25, -0.2) is 0 Å². The second kappa shape index (κ2) is 4.62. The first-order chi connectivity index (χ1) is 10.2. The second-order valence-corrected chi connectivity index (χ2v) is 5.77. The Labute approximate surface area is 124 Å². The number of nitrogens with zero attached hydrogens (tertiary/aromatic N) is 1. The summed E-state index contributed by atoms with van der Waals surface area (Å²) in [5, 5.41) is 0. The van der Waals surface area contributed by atoms with Crippen LogP contribution in [0.25, 0.3) is 0 Å². The van der Waals surface area contributed by atoms with E-state index in [0.29, 0.717) is 18.6 Å². The molecule has 2 heterocycles. The fourth-order valence-electron chi connectivity index (χ4n) is 3.36. The highest BCUT2D eigenvalue weighted by atomic mass is 16.5. The first kappa shape index (κ1) is 12.5. The summed E-state index contributed by atoms with van der Waals surface area (Å²) in [5.74, 6) is 2.13. The van der Waals surface area contributed by atoms with Crippen LogP contribution >= 0.6 is 0 Å². The fraction of sp³-hybridized carbons (Fsp3) is 0.278. The lowest BCUT2D eigenvalue weighted by Crippen LogP contribution is -2.36. The van der Waals surface area contributed by atoms with Gasteiger partial charge >= 0.3 is 0 Å². The van der Waals surface area contributed by atoms with Crippen LogP contribution in [0.2, 0.25) is 0 Å². The number of rotatable bonds is 0. The van der Waals surface area contributed by atoms with Crippen LogP contribution in [0.4, 0.5) is 5.69 Å². The van der Waals surface area contributed by atoms with Crippen LogP contribution in [0, 0.1) is 6.92 Å². The topological polar surface area (TPSA) is 29.5 Å². The number of Topliss-reactive ketones (excluding diaryl/α,β-unsaturated/α-hetero) is 1. The van der Waals surface area contributed by atoms with E-state index in [1.807, 2.05) is 24.3 Å². The molecule has 0 radical (unpaired) electrons. The number of hydrogen-bond donors (Lipinski definition) is 0. The van der Waals surface area contributed by atoms with Gasteiger partial charge in [-0.1, -0.05) is 30.3 Å². The van der Waals surface area contributed by atoms with Gasteiger partial charge in [-0.2, -0.15) is 0 Å². The molecule has 106 valence electrons. The van der Waals surface area contributed by atoms with E-state index in [1.165, 1.54) is 0 Å². The average molecular weight is 279 g/mol. The number of benzene rings is 2. The smallest absolute Gasteiger partial charge is 0.150 e. The van der Waals surface area contributed by atoms with E-state index in [4.69, 9.17) is 4.74 Å². The monoisotopic (exact) mass is 279 g/mol. The maximum absolute atomic E-state index is 12.0. The standard InChI is InChI=1S/C18H17NO2/c1-12-5-4-6-14-16-11-13(20)9-10-19(16)15-7-2-3-8-17(15)21-18(12)14/h2-8,16H,9-11H2,1H3. The highest BCUT2D eigenvalue weighted by Gasteiger charge is 2.34. The zero-order valence-corrected chi connectivity index (χ0v) is 12.0. The average Bonchev–Trinajstić information content (AvgIpc) is 2.63. The highest BCUT2D eigenvalue weighted by molar-refractivity contribution is 5.83. The Kier molecular flexibility index (Phi) is 2.74. The highest BCUT2D eigenvalue weighted by Crippen LogP contribution is 2.47. The number of aryl methyl sites for hydroxylation is 1. The minimum atomic E-state index is 0.0878. The minimum Gasteiger partial charge on any atom is -0.455 e. The molecule has 2 aromatic rings. The summed E-state index contributed by atoms with van der Waals surface area (Å²) in [6.07, 6.45) is 1.18. The van der Waals surface area contributed by atoms with Crippen molar-refractivity contribution in [3.05, 3.63) is 53.6 Å². The number of carbonyl (C=O) groups is 1. The van der Waals surface area contributed by atoms with Crippen LogP contribution in [0.3, 0.4) is 0 Å². The third-order valence-electron chi connectivity index (χ3n) is 4.42. The molecule has 3 heteroatoms. The lowest BCUT2D eigenvalue weighted by Gasteiger charge is -2.36. The molecule has 4 rings (SSSR count). The molecular formula is C18H17NO2. The first-order valence-electron chi connectivity index (χ1n) is 7.39. The molecule has 0 N–H and O–H groups in total. The van der Waals surface area contributed by atoms with Crippen molar-refractivity contribution in [2.45, 2.75) is 25.8 Å². The molecule has 0 bridgehead atoms. The predicted octanol–water partition coefficient (Wildman–Crippen LogP) is 4.01. The van der Waals surface area contributed by atoms with Gasteiger partial charge in [-0.05, 0) is 24.6 Å². The van der Waals surface area contributed by atoms with Gasteiger partial charge < -0.3 is 9.64 Å². The van der Waals surface area contributed by atoms with Gasteiger partial charge in [0.2, 0.25) is 0 Å². The fourth-order valence-corrected chi connectivity index (χ4v) is 3.36. The van der Waals surface area contributed by atoms with Crippen LogP contribution in [-0.4, -0.2) is 12.3 Å². The summed E-state index contributed by atoms with van der Waals surface area (Å²) in [7, 11) is 0. The maximum atomic E-state index is 12.0. The molecule has 0 saturated carbocycles. The predicted molar refractivity (Wildman–Crippen MR) is 82.0 cm³/mol. The number of carbonyl (C=O) groups excluding carboxylic acids is 1. The van der Waals surface area contributed by atoms with Crippen LogP contribution in [0.5, 0.6) is 11.5 Å². The van der Waals surface area contributed by atoms with Gasteiger partial charge in [0.15, 0.2) is 5.75 Å². The molecule has 1 atom stereocenters. The number of fused-ring (bicyclic) bond motifs is 5. The van der Waals surface area contributed by atoms with Crippen molar-refractivity contribution in [3.63, 3.8) is 0 Å². The second-order valence-electron chi connectivity index (χ2n) is 5.77. The SMILES string of the molecule is Cc1cccc2c1Oc1ccccc1N1CCC(=O)CC21. The Morgan fingerprint density at radius 3 is 2.90 bits per heavy atom. The van der Waals surface area contributed by atoms with E-state index < -0.39 is 0 Å². The maximum Gasteiger partial charge on any atom is 0.150 e. The molecule has 0 aliphatic carbocycles.